The molecule has 2 heterocycles. The number of fused-ring (bicyclic) bond motifs is 2. The van der Waals surface area contributed by atoms with Crippen LogP contribution in [0.3, 0.4) is 0 Å². The number of hydrogen-bond donors (Lipinski definition) is 1. The molecule has 6 heteroatoms. The highest BCUT2D eigenvalue weighted by Crippen LogP contribution is 2.35. The van der Waals surface area contributed by atoms with Crippen molar-refractivity contribution in [2.45, 2.75) is 30.7 Å². The largest absolute Gasteiger partial charge is 0.333 e. The van der Waals surface area contributed by atoms with E-state index in [0.29, 0.717) is 19.5 Å². The Hall–Kier alpha value is -1.40. The zero-order valence-electron chi connectivity index (χ0n) is 11.2. The maximum Gasteiger partial charge on any atom is 0.241 e. The SMILES string of the molecule is NCCc1cccc(CN2C(=O)C3CC2CS3(=O)=O)c1. The van der Waals surface area contributed by atoms with Crippen LogP contribution in [0, 0.1) is 0 Å². The second-order valence-electron chi connectivity index (χ2n) is 5.53. The average molecular weight is 294 g/mol. The third-order valence-electron chi connectivity index (χ3n) is 4.12. The summed E-state index contributed by atoms with van der Waals surface area (Å²) in [7, 11) is -3.19. The van der Waals surface area contributed by atoms with Gasteiger partial charge in [0.2, 0.25) is 5.91 Å². The number of carbonyl (C=O) groups excluding carboxylic acids is 1. The molecule has 0 aromatic heterocycles. The van der Waals surface area contributed by atoms with Crippen molar-refractivity contribution in [1.29, 1.82) is 0 Å². The van der Waals surface area contributed by atoms with Crippen molar-refractivity contribution in [3.05, 3.63) is 35.4 Å². The Kier molecular flexibility index (Phi) is 3.30. The van der Waals surface area contributed by atoms with Gasteiger partial charge in [-0.05, 0) is 30.5 Å². The molecule has 5 nitrogen and oxygen atoms in total. The smallest absolute Gasteiger partial charge is 0.241 e. The van der Waals surface area contributed by atoms with Gasteiger partial charge in [-0.3, -0.25) is 4.79 Å². The number of carbonyl (C=O) groups is 1. The van der Waals surface area contributed by atoms with Crippen LogP contribution in [0.25, 0.3) is 0 Å². The highest BCUT2D eigenvalue weighted by molar-refractivity contribution is 7.93. The van der Waals surface area contributed by atoms with E-state index < -0.39 is 15.1 Å². The van der Waals surface area contributed by atoms with E-state index in [9.17, 15) is 13.2 Å². The van der Waals surface area contributed by atoms with Crippen LogP contribution in [0.4, 0.5) is 0 Å². The Bertz CT molecular complexity index is 642. The van der Waals surface area contributed by atoms with Gasteiger partial charge in [0, 0.05) is 12.6 Å². The lowest BCUT2D eigenvalue weighted by atomic mass is 10.1. The lowest BCUT2D eigenvalue weighted by Gasteiger charge is -2.27. The van der Waals surface area contributed by atoms with Gasteiger partial charge in [0.05, 0.1) is 5.75 Å². The van der Waals surface area contributed by atoms with Gasteiger partial charge in [-0.15, -0.1) is 0 Å². The number of amides is 1. The van der Waals surface area contributed by atoms with Crippen LogP contribution in [0.15, 0.2) is 24.3 Å². The molecule has 1 aromatic carbocycles. The quantitative estimate of drug-likeness (QED) is 0.853. The first-order valence-electron chi connectivity index (χ1n) is 6.81. The van der Waals surface area contributed by atoms with Crippen LogP contribution in [-0.4, -0.2) is 42.8 Å². The fourth-order valence-electron chi connectivity index (χ4n) is 3.14. The molecule has 0 spiro atoms. The van der Waals surface area contributed by atoms with Gasteiger partial charge in [-0.1, -0.05) is 24.3 Å². The highest BCUT2D eigenvalue weighted by atomic mass is 32.2. The second-order valence-corrected chi connectivity index (χ2v) is 7.76. The summed E-state index contributed by atoms with van der Waals surface area (Å²) >= 11 is 0. The molecule has 2 unspecified atom stereocenters. The third-order valence-corrected chi connectivity index (χ3v) is 6.23. The van der Waals surface area contributed by atoms with Gasteiger partial charge in [0.25, 0.3) is 0 Å². The molecule has 1 amide bonds. The molecule has 2 fully saturated rings. The van der Waals surface area contributed by atoms with E-state index in [4.69, 9.17) is 5.73 Å². The normalized spacial score (nSPS) is 27.2. The van der Waals surface area contributed by atoms with Crippen LogP contribution in [0.2, 0.25) is 0 Å². The summed E-state index contributed by atoms with van der Waals surface area (Å²) in [6, 6.07) is 7.83. The van der Waals surface area contributed by atoms with E-state index in [1.54, 1.807) is 4.90 Å². The fourth-order valence-corrected chi connectivity index (χ4v) is 5.18. The van der Waals surface area contributed by atoms with Crippen molar-refractivity contribution in [3.8, 4) is 0 Å². The third kappa shape index (κ3) is 2.23. The molecule has 0 saturated carbocycles. The van der Waals surface area contributed by atoms with E-state index in [-0.39, 0.29) is 17.7 Å². The zero-order chi connectivity index (χ0) is 14.3. The number of rotatable bonds is 4. The van der Waals surface area contributed by atoms with Crippen molar-refractivity contribution in [2.24, 2.45) is 5.73 Å². The maximum absolute atomic E-state index is 12.1. The number of sulfone groups is 1. The van der Waals surface area contributed by atoms with E-state index in [0.717, 1.165) is 17.5 Å². The molecular formula is C14H18N2O3S. The molecule has 2 atom stereocenters. The van der Waals surface area contributed by atoms with Gasteiger partial charge in [-0.25, -0.2) is 8.42 Å². The number of nitrogens with two attached hydrogens (primary N) is 1. The van der Waals surface area contributed by atoms with Crippen molar-refractivity contribution in [3.63, 3.8) is 0 Å². The Morgan fingerprint density at radius 3 is 2.70 bits per heavy atom. The summed E-state index contributed by atoms with van der Waals surface area (Å²) in [5.74, 6) is -0.114. The van der Waals surface area contributed by atoms with Gasteiger partial charge in [0.1, 0.15) is 5.25 Å². The standard InChI is InChI=1S/C14H18N2O3S/c15-5-4-10-2-1-3-11(6-10)8-16-12-7-13(14(16)17)20(18,19)9-12/h1-3,6,12-13H,4-5,7-9,15H2. The summed E-state index contributed by atoms with van der Waals surface area (Å²) < 4.78 is 23.4. The van der Waals surface area contributed by atoms with Crippen molar-refractivity contribution in [1.82, 2.24) is 4.90 Å². The summed E-state index contributed by atoms with van der Waals surface area (Å²) in [4.78, 5) is 13.8. The summed E-state index contributed by atoms with van der Waals surface area (Å²) in [5.41, 5.74) is 7.73. The Labute approximate surface area is 118 Å². The predicted octanol–water partition coefficient (Wildman–Crippen LogP) is 0.0857. The molecular weight excluding hydrogens is 276 g/mol. The van der Waals surface area contributed by atoms with Gasteiger partial charge < -0.3 is 10.6 Å². The lowest BCUT2D eigenvalue weighted by Crippen LogP contribution is -2.44. The Balaban J connectivity index is 1.77. The predicted molar refractivity (Wildman–Crippen MR) is 75.7 cm³/mol. The van der Waals surface area contributed by atoms with E-state index in [1.165, 1.54) is 0 Å². The molecule has 108 valence electrons. The van der Waals surface area contributed by atoms with Gasteiger partial charge in [-0.2, -0.15) is 0 Å². The van der Waals surface area contributed by atoms with Crippen LogP contribution < -0.4 is 5.73 Å². The lowest BCUT2D eigenvalue weighted by molar-refractivity contribution is -0.129. The van der Waals surface area contributed by atoms with Crippen LogP contribution in [0.1, 0.15) is 17.5 Å². The molecule has 3 rings (SSSR count). The first-order chi connectivity index (χ1) is 9.51. The monoisotopic (exact) mass is 294 g/mol. The Morgan fingerprint density at radius 1 is 1.30 bits per heavy atom. The first kappa shape index (κ1) is 13.6. The summed E-state index contributed by atoms with van der Waals surface area (Å²) in [6.07, 6.45) is 1.27. The van der Waals surface area contributed by atoms with Gasteiger partial charge >= 0.3 is 0 Å². The zero-order valence-corrected chi connectivity index (χ0v) is 12.0. The molecule has 0 aliphatic carbocycles. The highest BCUT2D eigenvalue weighted by Gasteiger charge is 2.54. The average Bonchev–Trinajstić information content (AvgIpc) is 2.85. The molecule has 20 heavy (non-hydrogen) atoms. The fraction of sp³-hybridized carbons (Fsp3) is 0.500. The first-order valence-corrected chi connectivity index (χ1v) is 8.53. The van der Waals surface area contributed by atoms with E-state index >= 15 is 0 Å². The molecule has 0 radical (unpaired) electrons. The van der Waals surface area contributed by atoms with Crippen molar-refractivity contribution in [2.75, 3.05) is 12.3 Å². The minimum atomic E-state index is -3.19. The van der Waals surface area contributed by atoms with Crippen molar-refractivity contribution >= 4 is 15.7 Å². The minimum absolute atomic E-state index is 0.117. The van der Waals surface area contributed by atoms with E-state index in [2.05, 4.69) is 0 Å². The van der Waals surface area contributed by atoms with E-state index in [1.807, 2.05) is 24.3 Å². The molecule has 2 aliphatic rings. The molecule has 2 saturated heterocycles. The van der Waals surface area contributed by atoms with Crippen molar-refractivity contribution < 1.29 is 13.2 Å². The molecule has 2 bridgehead atoms. The Morgan fingerprint density at radius 2 is 2.05 bits per heavy atom. The number of nitrogens with zero attached hydrogens (tertiary/aromatic N) is 1. The van der Waals surface area contributed by atoms with Crippen LogP contribution >= 0.6 is 0 Å². The topological polar surface area (TPSA) is 80.5 Å². The summed E-state index contributed by atoms with van der Waals surface area (Å²) in [6.45, 7) is 1.09. The number of benzene rings is 1. The second kappa shape index (κ2) is 4.86. The molecule has 2 N–H and O–H groups in total. The number of likely N-dealkylation sites (tertiary alicyclic amines) is 1. The summed E-state index contributed by atoms with van der Waals surface area (Å²) in [5, 5.41) is -0.792. The number of hydrogen-bond acceptors (Lipinski definition) is 4. The molecule has 1 aromatic rings. The minimum Gasteiger partial charge on any atom is -0.333 e. The van der Waals surface area contributed by atoms with Crippen LogP contribution in [-0.2, 0) is 27.6 Å². The van der Waals surface area contributed by atoms with Gasteiger partial charge in [0.15, 0.2) is 9.84 Å². The maximum atomic E-state index is 12.1. The van der Waals surface area contributed by atoms with Crippen LogP contribution in [0.5, 0.6) is 0 Å². The molecule has 2 aliphatic heterocycles.